The molecule has 18 heavy (non-hydrogen) atoms. The second-order valence-corrected chi connectivity index (χ2v) is 5.13. The van der Waals surface area contributed by atoms with Crippen LogP contribution in [0.15, 0.2) is 12.1 Å². The number of hydrogen-bond donors (Lipinski definition) is 2. The van der Waals surface area contributed by atoms with E-state index in [0.717, 1.165) is 0 Å². The second-order valence-electron chi connectivity index (χ2n) is 5.13. The maximum absolute atomic E-state index is 11.0. The quantitative estimate of drug-likeness (QED) is 0.843. The molecule has 0 saturated carbocycles. The van der Waals surface area contributed by atoms with Gasteiger partial charge in [0.05, 0.1) is 5.92 Å². The summed E-state index contributed by atoms with van der Waals surface area (Å²) in [6.07, 6.45) is 0.592. The minimum atomic E-state index is -0.800. The molecule has 1 rings (SSSR count). The van der Waals surface area contributed by atoms with E-state index in [1.807, 2.05) is 0 Å². The highest BCUT2D eigenvalue weighted by molar-refractivity contribution is 5.70. The van der Waals surface area contributed by atoms with Crippen molar-refractivity contribution < 1.29 is 9.90 Å². The molecule has 0 amide bonds. The number of aryl methyl sites for hydroxylation is 1. The van der Waals surface area contributed by atoms with Crippen molar-refractivity contribution in [2.24, 2.45) is 11.7 Å². The molecule has 3 N–H and O–H groups in total. The fourth-order valence-electron chi connectivity index (χ4n) is 2.36. The average molecular weight is 249 g/mol. The molecule has 0 heterocycles. The van der Waals surface area contributed by atoms with Crippen molar-refractivity contribution in [3.63, 3.8) is 0 Å². The van der Waals surface area contributed by atoms with E-state index in [4.69, 9.17) is 10.8 Å². The van der Waals surface area contributed by atoms with E-state index in [-0.39, 0.29) is 12.5 Å². The molecular formula is C15H23NO2. The molecule has 0 aliphatic heterocycles. The van der Waals surface area contributed by atoms with Gasteiger partial charge in [0.2, 0.25) is 0 Å². The van der Waals surface area contributed by atoms with Crippen molar-refractivity contribution in [1.29, 1.82) is 0 Å². The molecule has 0 radical (unpaired) electrons. The number of benzene rings is 1. The maximum Gasteiger partial charge on any atom is 0.307 e. The van der Waals surface area contributed by atoms with Crippen LogP contribution in [0.3, 0.4) is 0 Å². The number of nitrogens with two attached hydrogens (primary N) is 1. The van der Waals surface area contributed by atoms with Gasteiger partial charge in [-0.25, -0.2) is 0 Å². The molecule has 0 spiro atoms. The summed E-state index contributed by atoms with van der Waals surface area (Å²) in [7, 11) is 0. The third-order valence-corrected chi connectivity index (χ3v) is 3.90. The van der Waals surface area contributed by atoms with Crippen LogP contribution >= 0.6 is 0 Å². The van der Waals surface area contributed by atoms with Gasteiger partial charge in [0, 0.05) is 6.54 Å². The SMILES string of the molecule is Cc1ccc(C(C)CC(CN)C(=O)O)c(C)c1C. The van der Waals surface area contributed by atoms with Gasteiger partial charge < -0.3 is 10.8 Å². The normalized spacial score (nSPS) is 14.3. The molecule has 0 fully saturated rings. The number of carboxylic acids is 1. The zero-order valence-electron chi connectivity index (χ0n) is 11.7. The van der Waals surface area contributed by atoms with Crippen LogP contribution in [0.1, 0.15) is 41.5 Å². The van der Waals surface area contributed by atoms with Crippen molar-refractivity contribution in [2.75, 3.05) is 6.54 Å². The van der Waals surface area contributed by atoms with Crippen molar-refractivity contribution in [1.82, 2.24) is 0 Å². The zero-order valence-corrected chi connectivity index (χ0v) is 11.7. The lowest BCUT2D eigenvalue weighted by Crippen LogP contribution is -2.25. The van der Waals surface area contributed by atoms with E-state index in [2.05, 4.69) is 39.8 Å². The predicted octanol–water partition coefficient (Wildman–Crippen LogP) is 2.76. The number of carbonyl (C=O) groups is 1. The van der Waals surface area contributed by atoms with E-state index in [9.17, 15) is 4.79 Å². The zero-order chi connectivity index (χ0) is 13.9. The molecule has 2 atom stereocenters. The molecule has 0 aliphatic carbocycles. The molecule has 3 heteroatoms. The van der Waals surface area contributed by atoms with Gasteiger partial charge in [-0.3, -0.25) is 4.79 Å². The Labute approximate surface area is 109 Å². The Bertz CT molecular complexity index is 440. The summed E-state index contributed by atoms with van der Waals surface area (Å²) < 4.78 is 0. The van der Waals surface area contributed by atoms with Gasteiger partial charge in [-0.15, -0.1) is 0 Å². The standard InChI is InChI=1S/C15H23NO2/c1-9-5-6-14(12(4)11(9)3)10(2)7-13(8-16)15(17)18/h5-6,10,13H,7-8,16H2,1-4H3,(H,17,18). The van der Waals surface area contributed by atoms with E-state index in [0.29, 0.717) is 6.42 Å². The Kier molecular flexibility index (Phi) is 4.91. The van der Waals surface area contributed by atoms with Gasteiger partial charge in [0.1, 0.15) is 0 Å². The van der Waals surface area contributed by atoms with Crippen molar-refractivity contribution >= 4 is 5.97 Å². The van der Waals surface area contributed by atoms with Crippen LogP contribution in [-0.2, 0) is 4.79 Å². The third kappa shape index (κ3) is 3.10. The lowest BCUT2D eigenvalue weighted by Gasteiger charge is -2.20. The van der Waals surface area contributed by atoms with E-state index in [1.54, 1.807) is 0 Å². The third-order valence-electron chi connectivity index (χ3n) is 3.90. The lowest BCUT2D eigenvalue weighted by atomic mass is 9.85. The molecule has 1 aromatic rings. The largest absolute Gasteiger partial charge is 0.481 e. The van der Waals surface area contributed by atoms with Gasteiger partial charge in [-0.05, 0) is 55.4 Å². The van der Waals surface area contributed by atoms with Gasteiger partial charge in [0.25, 0.3) is 0 Å². The molecule has 2 unspecified atom stereocenters. The van der Waals surface area contributed by atoms with Gasteiger partial charge in [-0.2, -0.15) is 0 Å². The highest BCUT2D eigenvalue weighted by Gasteiger charge is 2.21. The fourth-order valence-corrected chi connectivity index (χ4v) is 2.36. The Morgan fingerprint density at radius 2 is 1.89 bits per heavy atom. The van der Waals surface area contributed by atoms with Gasteiger partial charge >= 0.3 is 5.97 Å². The van der Waals surface area contributed by atoms with Crippen molar-refractivity contribution in [2.45, 2.75) is 40.0 Å². The van der Waals surface area contributed by atoms with E-state index in [1.165, 1.54) is 22.3 Å². The first-order valence-electron chi connectivity index (χ1n) is 6.38. The smallest absolute Gasteiger partial charge is 0.307 e. The summed E-state index contributed by atoms with van der Waals surface area (Å²) in [6.45, 7) is 8.58. The topological polar surface area (TPSA) is 63.3 Å². The number of rotatable bonds is 5. The first-order chi connectivity index (χ1) is 8.38. The first kappa shape index (κ1) is 14.7. The number of aliphatic carboxylic acids is 1. The van der Waals surface area contributed by atoms with Gasteiger partial charge in [-0.1, -0.05) is 19.1 Å². The van der Waals surface area contributed by atoms with Crippen LogP contribution in [0.2, 0.25) is 0 Å². The summed E-state index contributed by atoms with van der Waals surface area (Å²) in [5.41, 5.74) is 10.6. The van der Waals surface area contributed by atoms with Gasteiger partial charge in [0.15, 0.2) is 0 Å². The Hall–Kier alpha value is -1.35. The fraction of sp³-hybridized carbons (Fsp3) is 0.533. The monoisotopic (exact) mass is 249 g/mol. The predicted molar refractivity (Wildman–Crippen MR) is 73.9 cm³/mol. The van der Waals surface area contributed by atoms with Crippen LogP contribution in [0.5, 0.6) is 0 Å². The Morgan fingerprint density at radius 3 is 2.39 bits per heavy atom. The highest BCUT2D eigenvalue weighted by Crippen LogP contribution is 2.28. The maximum atomic E-state index is 11.0. The lowest BCUT2D eigenvalue weighted by molar-refractivity contribution is -0.141. The molecule has 100 valence electrons. The van der Waals surface area contributed by atoms with Crippen LogP contribution in [-0.4, -0.2) is 17.6 Å². The summed E-state index contributed by atoms with van der Waals surface area (Å²) >= 11 is 0. The number of carboxylic acid groups (broad SMARTS) is 1. The van der Waals surface area contributed by atoms with Crippen LogP contribution in [0, 0.1) is 26.7 Å². The van der Waals surface area contributed by atoms with E-state index < -0.39 is 11.9 Å². The van der Waals surface area contributed by atoms with Crippen LogP contribution in [0.25, 0.3) is 0 Å². The minimum absolute atomic E-state index is 0.198. The molecule has 0 bridgehead atoms. The summed E-state index contributed by atoms with van der Waals surface area (Å²) in [5, 5.41) is 9.06. The number of hydrogen-bond acceptors (Lipinski definition) is 2. The minimum Gasteiger partial charge on any atom is -0.481 e. The van der Waals surface area contributed by atoms with Crippen molar-refractivity contribution in [3.8, 4) is 0 Å². The first-order valence-corrected chi connectivity index (χ1v) is 6.38. The summed E-state index contributed by atoms with van der Waals surface area (Å²) in [6, 6.07) is 4.21. The Morgan fingerprint density at radius 1 is 1.28 bits per heavy atom. The Balaban J connectivity index is 2.94. The molecule has 3 nitrogen and oxygen atoms in total. The van der Waals surface area contributed by atoms with Crippen LogP contribution in [0.4, 0.5) is 0 Å². The average Bonchev–Trinajstić information content (AvgIpc) is 2.32. The molecule has 0 aromatic heterocycles. The molecule has 0 aliphatic rings. The summed E-state index contributed by atoms with van der Waals surface area (Å²) in [5.74, 6) is -1.04. The second kappa shape index (κ2) is 6.01. The molecule has 0 saturated heterocycles. The summed E-state index contributed by atoms with van der Waals surface area (Å²) in [4.78, 5) is 11.0. The van der Waals surface area contributed by atoms with Crippen LogP contribution < -0.4 is 5.73 Å². The van der Waals surface area contributed by atoms with E-state index >= 15 is 0 Å². The van der Waals surface area contributed by atoms with Crippen molar-refractivity contribution in [3.05, 3.63) is 34.4 Å². The molecular weight excluding hydrogens is 226 g/mol. The highest BCUT2D eigenvalue weighted by atomic mass is 16.4. The molecule has 1 aromatic carbocycles.